The van der Waals surface area contributed by atoms with Gasteiger partial charge < -0.3 is 15.1 Å². The molecule has 182 valence electrons. The Labute approximate surface area is 204 Å². The summed E-state index contributed by atoms with van der Waals surface area (Å²) in [6.07, 6.45) is 2.39. The third kappa shape index (κ3) is 4.69. The van der Waals surface area contributed by atoms with E-state index in [-0.39, 0.29) is 10.8 Å². The normalized spacial score (nSPS) is 16.3. The molecule has 10 nitrogen and oxygen atoms in total. The summed E-state index contributed by atoms with van der Waals surface area (Å²) in [4.78, 5) is 20.0. The second kappa shape index (κ2) is 9.23. The lowest BCUT2D eigenvalue weighted by Crippen LogP contribution is -2.49. The summed E-state index contributed by atoms with van der Waals surface area (Å²) >= 11 is 0. The maximum Gasteiger partial charge on any atom is 0.243 e. The highest BCUT2D eigenvalue weighted by molar-refractivity contribution is 7.89. The first kappa shape index (κ1) is 23.2. The van der Waals surface area contributed by atoms with Crippen molar-refractivity contribution in [2.45, 2.75) is 25.2 Å². The molecule has 5 rings (SSSR count). The van der Waals surface area contributed by atoms with Gasteiger partial charge in [-0.25, -0.2) is 13.4 Å². The van der Waals surface area contributed by atoms with Gasteiger partial charge in [-0.05, 0) is 66.9 Å². The van der Waals surface area contributed by atoms with Crippen LogP contribution in [0.5, 0.6) is 0 Å². The van der Waals surface area contributed by atoms with E-state index in [2.05, 4.69) is 20.5 Å². The predicted octanol–water partition coefficient (Wildman–Crippen LogP) is 2.34. The highest BCUT2D eigenvalue weighted by Crippen LogP contribution is 2.31. The number of pyridine rings is 1. The van der Waals surface area contributed by atoms with Gasteiger partial charge in [0.1, 0.15) is 5.82 Å². The number of sulfonamides is 1. The molecule has 2 aromatic heterocycles. The number of aryl methyl sites for hydroxylation is 1. The van der Waals surface area contributed by atoms with Gasteiger partial charge in [-0.3, -0.25) is 4.79 Å². The van der Waals surface area contributed by atoms with Crippen LogP contribution in [0.1, 0.15) is 18.1 Å². The summed E-state index contributed by atoms with van der Waals surface area (Å²) < 4.78 is 28.1. The van der Waals surface area contributed by atoms with E-state index in [1.807, 2.05) is 36.1 Å². The third-order valence-corrected chi connectivity index (χ3v) is 8.24. The second-order valence-corrected chi connectivity index (χ2v) is 10.7. The van der Waals surface area contributed by atoms with E-state index < -0.39 is 10.0 Å². The Balaban J connectivity index is 1.23. The quantitative estimate of drug-likeness (QED) is 0.577. The summed E-state index contributed by atoms with van der Waals surface area (Å²) in [5.41, 5.74) is 2.79. The fourth-order valence-electron chi connectivity index (χ4n) is 4.47. The molecular weight excluding hydrogens is 466 g/mol. The standard InChI is InChI=1S/C24H27N7O3S/c1-17-7-9-25-23(15-17)26-22-5-6-24(28-27-22)29-11-13-30(14-12-29)35(33,34)20-3-4-21-19(16-20)8-10-31(21)18(2)32/h3-7,9,15-16H,8,10-14H2,1-2H3,(H,25,26,27). The number of aromatic nitrogens is 3. The molecule has 1 saturated heterocycles. The largest absolute Gasteiger partial charge is 0.352 e. The van der Waals surface area contributed by atoms with Crippen LogP contribution in [0, 0.1) is 6.92 Å². The molecule has 4 heterocycles. The minimum atomic E-state index is -3.62. The molecule has 3 aromatic rings. The van der Waals surface area contributed by atoms with Crippen molar-refractivity contribution in [2.24, 2.45) is 0 Å². The number of carbonyl (C=O) groups is 1. The predicted molar refractivity (Wildman–Crippen MR) is 133 cm³/mol. The van der Waals surface area contributed by atoms with Crippen LogP contribution >= 0.6 is 0 Å². The number of hydrogen-bond donors (Lipinski definition) is 1. The number of anilines is 4. The number of amides is 1. The van der Waals surface area contributed by atoms with Crippen LogP contribution in [0.15, 0.2) is 53.6 Å². The summed E-state index contributed by atoms with van der Waals surface area (Å²) in [6, 6.07) is 12.6. The van der Waals surface area contributed by atoms with Gasteiger partial charge in [0.2, 0.25) is 15.9 Å². The Hall–Kier alpha value is -3.57. The first-order valence-corrected chi connectivity index (χ1v) is 12.9. The number of fused-ring (bicyclic) bond motifs is 1. The molecule has 1 fully saturated rings. The van der Waals surface area contributed by atoms with Crippen molar-refractivity contribution in [1.82, 2.24) is 19.5 Å². The first-order valence-electron chi connectivity index (χ1n) is 11.5. The van der Waals surface area contributed by atoms with Crippen molar-refractivity contribution >= 4 is 39.1 Å². The number of piperazine rings is 1. The van der Waals surface area contributed by atoms with Gasteiger partial charge in [-0.1, -0.05) is 0 Å². The van der Waals surface area contributed by atoms with Crippen LogP contribution in [-0.2, 0) is 21.2 Å². The fourth-order valence-corrected chi connectivity index (χ4v) is 5.94. The molecule has 2 aliphatic rings. The van der Waals surface area contributed by atoms with Gasteiger partial charge in [0.25, 0.3) is 0 Å². The van der Waals surface area contributed by atoms with Crippen LogP contribution in [0.25, 0.3) is 0 Å². The Morgan fingerprint density at radius 1 is 0.943 bits per heavy atom. The molecule has 11 heteroatoms. The molecule has 0 unspecified atom stereocenters. The Bertz CT molecular complexity index is 1350. The Kier molecular flexibility index (Phi) is 6.12. The van der Waals surface area contributed by atoms with Gasteiger partial charge in [-0.15, -0.1) is 10.2 Å². The second-order valence-electron chi connectivity index (χ2n) is 8.72. The molecule has 0 atom stereocenters. The van der Waals surface area contributed by atoms with E-state index in [1.165, 1.54) is 11.2 Å². The van der Waals surface area contributed by atoms with Crippen molar-refractivity contribution in [1.29, 1.82) is 0 Å². The summed E-state index contributed by atoms with van der Waals surface area (Å²) in [6.45, 7) is 5.85. The minimum Gasteiger partial charge on any atom is -0.352 e. The number of nitrogens with one attached hydrogen (secondary N) is 1. The van der Waals surface area contributed by atoms with Gasteiger partial charge in [0.05, 0.1) is 4.90 Å². The van der Waals surface area contributed by atoms with Crippen LogP contribution in [0.4, 0.5) is 23.1 Å². The van der Waals surface area contributed by atoms with Crippen molar-refractivity contribution in [3.8, 4) is 0 Å². The smallest absolute Gasteiger partial charge is 0.243 e. The number of hydrogen-bond acceptors (Lipinski definition) is 8. The maximum atomic E-state index is 13.3. The van der Waals surface area contributed by atoms with E-state index >= 15 is 0 Å². The fraction of sp³-hybridized carbons (Fsp3) is 0.333. The van der Waals surface area contributed by atoms with E-state index in [1.54, 1.807) is 29.3 Å². The van der Waals surface area contributed by atoms with E-state index in [9.17, 15) is 13.2 Å². The van der Waals surface area contributed by atoms with E-state index in [4.69, 9.17) is 0 Å². The average Bonchev–Trinajstić information content (AvgIpc) is 3.28. The zero-order valence-corrected chi connectivity index (χ0v) is 20.5. The first-order chi connectivity index (χ1) is 16.8. The van der Waals surface area contributed by atoms with Gasteiger partial charge in [0, 0.05) is 51.5 Å². The monoisotopic (exact) mass is 493 g/mol. The Morgan fingerprint density at radius 2 is 1.74 bits per heavy atom. The zero-order valence-electron chi connectivity index (χ0n) is 19.7. The molecule has 0 bridgehead atoms. The Morgan fingerprint density at radius 3 is 2.43 bits per heavy atom. The third-order valence-electron chi connectivity index (χ3n) is 6.35. The highest BCUT2D eigenvalue weighted by atomic mass is 32.2. The molecule has 0 aliphatic carbocycles. The zero-order chi connectivity index (χ0) is 24.6. The minimum absolute atomic E-state index is 0.0331. The lowest BCUT2D eigenvalue weighted by atomic mass is 10.2. The van der Waals surface area contributed by atoms with E-state index in [0.29, 0.717) is 56.6 Å². The molecule has 2 aliphatic heterocycles. The average molecular weight is 494 g/mol. The molecule has 1 aromatic carbocycles. The lowest BCUT2D eigenvalue weighted by molar-refractivity contribution is -0.116. The van der Waals surface area contributed by atoms with Gasteiger partial charge in [-0.2, -0.15) is 4.31 Å². The van der Waals surface area contributed by atoms with Crippen LogP contribution < -0.4 is 15.1 Å². The van der Waals surface area contributed by atoms with Gasteiger partial charge in [0.15, 0.2) is 11.6 Å². The van der Waals surface area contributed by atoms with Gasteiger partial charge >= 0.3 is 0 Å². The van der Waals surface area contributed by atoms with Crippen molar-refractivity contribution in [3.63, 3.8) is 0 Å². The SMILES string of the molecule is CC(=O)N1CCc2cc(S(=O)(=O)N3CCN(c4ccc(Nc5cc(C)ccn5)nn4)CC3)ccc21. The number of carbonyl (C=O) groups excluding carboxylic acids is 1. The molecule has 0 radical (unpaired) electrons. The number of rotatable bonds is 5. The topological polar surface area (TPSA) is 112 Å². The molecular formula is C24H27N7O3S. The molecule has 1 amide bonds. The summed E-state index contributed by atoms with van der Waals surface area (Å²) in [5.74, 6) is 1.96. The molecule has 35 heavy (non-hydrogen) atoms. The highest BCUT2D eigenvalue weighted by Gasteiger charge is 2.31. The molecule has 0 saturated carbocycles. The molecule has 0 spiro atoms. The van der Waals surface area contributed by atoms with Crippen LogP contribution in [0.3, 0.4) is 0 Å². The summed E-state index contributed by atoms with van der Waals surface area (Å²) in [5, 5.41) is 11.7. The molecule has 1 N–H and O–H groups in total. The number of nitrogens with zero attached hydrogens (tertiary/aromatic N) is 6. The number of benzene rings is 1. The van der Waals surface area contributed by atoms with E-state index in [0.717, 1.165) is 16.8 Å². The van der Waals surface area contributed by atoms with Crippen molar-refractivity contribution < 1.29 is 13.2 Å². The summed E-state index contributed by atoms with van der Waals surface area (Å²) in [7, 11) is -3.62. The van der Waals surface area contributed by atoms with Crippen LogP contribution in [0.2, 0.25) is 0 Å². The van der Waals surface area contributed by atoms with Crippen molar-refractivity contribution in [2.75, 3.05) is 47.8 Å². The van der Waals surface area contributed by atoms with Crippen LogP contribution in [-0.4, -0.2) is 66.5 Å². The maximum absolute atomic E-state index is 13.3. The van der Waals surface area contributed by atoms with Crippen molar-refractivity contribution in [3.05, 3.63) is 59.8 Å². The lowest BCUT2D eigenvalue weighted by Gasteiger charge is -2.34.